The van der Waals surface area contributed by atoms with Gasteiger partial charge in [-0.1, -0.05) is 212 Å². The van der Waals surface area contributed by atoms with Gasteiger partial charge in [-0.3, -0.25) is 14.1 Å². The molecular weight excluding hydrogens is 849 g/mol. The second-order valence-corrected chi connectivity index (χ2v) is 20.4. The fourth-order valence-electron chi connectivity index (χ4n) is 8.44. The molecule has 0 saturated carbocycles. The molecular formula is C52H98O12S. The number of aliphatic hydroxyl groups excluding tert-OH is 3. The van der Waals surface area contributed by atoms with E-state index >= 15 is 0 Å². The molecule has 0 aliphatic carbocycles. The monoisotopic (exact) mass is 947 g/mol. The van der Waals surface area contributed by atoms with Crippen molar-refractivity contribution >= 4 is 22.1 Å². The van der Waals surface area contributed by atoms with Crippen molar-refractivity contribution in [3.05, 3.63) is 12.2 Å². The van der Waals surface area contributed by atoms with Crippen molar-refractivity contribution in [3.8, 4) is 0 Å². The van der Waals surface area contributed by atoms with Gasteiger partial charge in [-0.25, -0.2) is 0 Å². The van der Waals surface area contributed by atoms with Crippen LogP contribution >= 0.6 is 0 Å². The molecule has 0 spiro atoms. The molecule has 384 valence electrons. The normalized spacial score (nSPS) is 19.5. The molecule has 4 N–H and O–H groups in total. The molecule has 0 radical (unpaired) electrons. The fourth-order valence-corrected chi connectivity index (χ4v) is 9.13. The van der Waals surface area contributed by atoms with E-state index in [1.807, 2.05) is 0 Å². The van der Waals surface area contributed by atoms with Crippen molar-refractivity contribution in [1.82, 2.24) is 0 Å². The predicted molar refractivity (Wildman–Crippen MR) is 261 cm³/mol. The van der Waals surface area contributed by atoms with Crippen LogP contribution in [0.25, 0.3) is 0 Å². The molecule has 1 saturated heterocycles. The van der Waals surface area contributed by atoms with Crippen molar-refractivity contribution in [2.75, 3.05) is 19.0 Å². The van der Waals surface area contributed by atoms with Crippen LogP contribution in [0, 0.1) is 0 Å². The Morgan fingerprint density at radius 3 is 1.28 bits per heavy atom. The van der Waals surface area contributed by atoms with Crippen LogP contribution in [0.3, 0.4) is 0 Å². The Hall–Kier alpha value is -1.61. The number of aliphatic hydroxyl groups is 3. The van der Waals surface area contributed by atoms with E-state index in [9.17, 15) is 37.9 Å². The van der Waals surface area contributed by atoms with Gasteiger partial charge in [-0.15, -0.1) is 0 Å². The van der Waals surface area contributed by atoms with E-state index in [-0.39, 0.29) is 19.4 Å². The highest BCUT2D eigenvalue weighted by atomic mass is 32.2. The van der Waals surface area contributed by atoms with Crippen molar-refractivity contribution in [1.29, 1.82) is 0 Å². The zero-order valence-electron chi connectivity index (χ0n) is 41.4. The van der Waals surface area contributed by atoms with Gasteiger partial charge in [0.2, 0.25) is 0 Å². The summed E-state index contributed by atoms with van der Waals surface area (Å²) in [5, 5.41) is 31.0. The van der Waals surface area contributed by atoms with E-state index in [1.165, 1.54) is 161 Å². The lowest BCUT2D eigenvalue weighted by molar-refractivity contribution is -0.297. The van der Waals surface area contributed by atoms with Crippen molar-refractivity contribution in [3.63, 3.8) is 0 Å². The van der Waals surface area contributed by atoms with Gasteiger partial charge < -0.3 is 34.3 Å². The standard InChI is InChI=1S/C52H98O12S/c1-3-5-7-9-11-13-15-17-19-21-22-23-25-26-28-30-32-34-36-38-40-47(53)61-42-45(43-62-52-51(57)50(56)49(55)46(64-52)44-65(58,59)60)63-48(54)41-39-37-35-33-31-29-27-24-20-18-16-14-12-10-8-6-4-2/h18,20,45-46,49-52,55-57H,3-17,19,21-44H2,1-2H3,(H,58,59,60)/b20-18+/t45-,46-,49-,50?,51?,52+/m1/s1. The lowest BCUT2D eigenvalue weighted by atomic mass is 10.00. The Balaban J connectivity index is 2.34. The van der Waals surface area contributed by atoms with Gasteiger partial charge in [-0.2, -0.15) is 8.42 Å². The number of rotatable bonds is 46. The van der Waals surface area contributed by atoms with Gasteiger partial charge in [-0.05, 0) is 38.5 Å². The Kier molecular flexibility index (Phi) is 40.1. The zero-order valence-corrected chi connectivity index (χ0v) is 42.2. The Morgan fingerprint density at radius 2 is 0.877 bits per heavy atom. The summed E-state index contributed by atoms with van der Waals surface area (Å²) in [5.74, 6) is -1.97. The molecule has 1 aliphatic rings. The first kappa shape index (κ1) is 61.4. The minimum Gasteiger partial charge on any atom is -0.462 e. The highest BCUT2D eigenvalue weighted by Gasteiger charge is 2.46. The average Bonchev–Trinajstić information content (AvgIpc) is 3.27. The lowest BCUT2D eigenvalue weighted by Crippen LogP contribution is -2.60. The van der Waals surface area contributed by atoms with Gasteiger partial charge >= 0.3 is 11.9 Å². The quantitative estimate of drug-likeness (QED) is 0.0196. The number of carbonyl (C=O) groups is 2. The predicted octanol–water partition coefficient (Wildman–Crippen LogP) is 12.2. The first-order chi connectivity index (χ1) is 31.5. The number of ether oxygens (including phenoxy) is 4. The minimum absolute atomic E-state index is 0.164. The summed E-state index contributed by atoms with van der Waals surface area (Å²) in [6.45, 7) is 3.80. The number of allylic oxidation sites excluding steroid dienone is 2. The van der Waals surface area contributed by atoms with E-state index in [0.717, 1.165) is 51.4 Å². The van der Waals surface area contributed by atoms with E-state index < -0.39 is 71.2 Å². The van der Waals surface area contributed by atoms with E-state index in [4.69, 9.17) is 18.9 Å². The van der Waals surface area contributed by atoms with Crippen LogP contribution < -0.4 is 0 Å². The SMILES string of the molecule is CCCCCCCC/C=C/CCCCCCCCCC(=O)O[C@H](COC(=O)CCCCCCCCCCCCCCCCCCCCCC)CO[C@H]1O[C@H](CS(=O)(=O)O)[C@@H](O)C(O)C1O. The van der Waals surface area contributed by atoms with Crippen LogP contribution in [0.4, 0.5) is 0 Å². The van der Waals surface area contributed by atoms with E-state index in [2.05, 4.69) is 26.0 Å². The number of hydrogen-bond acceptors (Lipinski definition) is 11. The molecule has 65 heavy (non-hydrogen) atoms. The first-order valence-corrected chi connectivity index (χ1v) is 28.4. The van der Waals surface area contributed by atoms with Crippen LogP contribution in [-0.4, -0.2) is 96.0 Å². The lowest BCUT2D eigenvalue weighted by Gasteiger charge is -2.40. The number of esters is 2. The summed E-state index contributed by atoms with van der Waals surface area (Å²) in [4.78, 5) is 25.5. The molecule has 0 aromatic rings. The first-order valence-electron chi connectivity index (χ1n) is 26.7. The molecule has 1 rings (SSSR count). The maximum atomic E-state index is 12.9. The number of unbranched alkanes of at least 4 members (excludes halogenated alkanes) is 32. The van der Waals surface area contributed by atoms with Crippen LogP contribution in [0.15, 0.2) is 12.2 Å². The van der Waals surface area contributed by atoms with Gasteiger partial charge in [0.05, 0.1) is 6.61 Å². The van der Waals surface area contributed by atoms with Crippen LogP contribution in [0.1, 0.15) is 251 Å². The molecule has 0 aromatic heterocycles. The van der Waals surface area contributed by atoms with E-state index in [0.29, 0.717) is 12.8 Å². The molecule has 6 atom stereocenters. The molecule has 13 heteroatoms. The molecule has 1 fully saturated rings. The van der Waals surface area contributed by atoms with Gasteiger partial charge in [0.15, 0.2) is 12.4 Å². The maximum absolute atomic E-state index is 12.9. The van der Waals surface area contributed by atoms with Crippen molar-refractivity contribution in [2.24, 2.45) is 0 Å². The summed E-state index contributed by atoms with van der Waals surface area (Å²) in [7, 11) is -4.60. The number of hydrogen-bond donors (Lipinski definition) is 4. The van der Waals surface area contributed by atoms with Crippen LogP contribution in [0.2, 0.25) is 0 Å². The molecule has 1 heterocycles. The van der Waals surface area contributed by atoms with Gasteiger partial charge in [0, 0.05) is 12.8 Å². The minimum atomic E-state index is -4.60. The summed E-state index contributed by atoms with van der Waals surface area (Å²) in [6.07, 6.45) is 38.2. The molecule has 0 bridgehead atoms. The zero-order chi connectivity index (χ0) is 47.6. The van der Waals surface area contributed by atoms with E-state index in [1.54, 1.807) is 0 Å². The Bertz CT molecular complexity index is 1250. The summed E-state index contributed by atoms with van der Waals surface area (Å²) >= 11 is 0. The smallest absolute Gasteiger partial charge is 0.306 e. The third kappa shape index (κ3) is 37.0. The summed E-state index contributed by atoms with van der Waals surface area (Å²) in [5.41, 5.74) is 0. The largest absolute Gasteiger partial charge is 0.462 e. The average molecular weight is 947 g/mol. The van der Waals surface area contributed by atoms with Crippen LogP contribution in [0.5, 0.6) is 0 Å². The Morgan fingerprint density at radius 1 is 0.508 bits per heavy atom. The maximum Gasteiger partial charge on any atom is 0.306 e. The molecule has 2 unspecified atom stereocenters. The highest BCUT2D eigenvalue weighted by molar-refractivity contribution is 7.85. The number of carbonyl (C=O) groups excluding carboxylic acids is 2. The second kappa shape index (κ2) is 42.5. The fraction of sp³-hybridized carbons (Fsp3) is 0.923. The van der Waals surface area contributed by atoms with Crippen LogP contribution in [-0.2, 0) is 38.7 Å². The third-order valence-corrected chi connectivity index (χ3v) is 13.3. The molecule has 1 aliphatic heterocycles. The van der Waals surface area contributed by atoms with Crippen molar-refractivity contribution < 1.29 is 56.8 Å². The third-order valence-electron chi connectivity index (χ3n) is 12.6. The summed E-state index contributed by atoms with van der Waals surface area (Å²) in [6, 6.07) is 0. The van der Waals surface area contributed by atoms with Gasteiger partial charge in [0.25, 0.3) is 10.1 Å². The highest BCUT2D eigenvalue weighted by Crippen LogP contribution is 2.24. The Labute approximate surface area is 396 Å². The molecule has 12 nitrogen and oxygen atoms in total. The second-order valence-electron chi connectivity index (χ2n) is 18.9. The summed E-state index contributed by atoms with van der Waals surface area (Å²) < 4.78 is 54.3. The van der Waals surface area contributed by atoms with Crippen molar-refractivity contribution in [2.45, 2.75) is 288 Å². The molecule has 0 aromatic carbocycles. The molecule has 0 amide bonds. The topological polar surface area (TPSA) is 186 Å². The van der Waals surface area contributed by atoms with Gasteiger partial charge in [0.1, 0.15) is 36.8 Å².